The van der Waals surface area contributed by atoms with Crippen LogP contribution in [0, 0.1) is 0 Å². The van der Waals surface area contributed by atoms with Gasteiger partial charge in [0.1, 0.15) is 5.75 Å². The fourth-order valence-corrected chi connectivity index (χ4v) is 2.44. The molecule has 1 saturated heterocycles. The lowest BCUT2D eigenvalue weighted by Gasteiger charge is -2.12. The van der Waals surface area contributed by atoms with Gasteiger partial charge in [-0.25, -0.2) is 4.79 Å². The lowest BCUT2D eigenvalue weighted by atomic mass is 10.1. The fourth-order valence-electron chi connectivity index (χ4n) is 2.44. The second-order valence-corrected chi connectivity index (χ2v) is 5.52. The van der Waals surface area contributed by atoms with E-state index < -0.39 is 6.03 Å². The molecule has 128 valence electrons. The first kappa shape index (κ1) is 16.5. The van der Waals surface area contributed by atoms with Gasteiger partial charge < -0.3 is 15.4 Å². The van der Waals surface area contributed by atoms with Crippen molar-refractivity contribution >= 4 is 23.5 Å². The zero-order chi connectivity index (χ0) is 17.8. The van der Waals surface area contributed by atoms with Gasteiger partial charge >= 0.3 is 6.03 Å². The van der Waals surface area contributed by atoms with E-state index in [0.717, 1.165) is 10.5 Å². The summed E-state index contributed by atoms with van der Waals surface area (Å²) in [5, 5.41) is 5.26. The van der Waals surface area contributed by atoms with Crippen LogP contribution in [0.1, 0.15) is 15.9 Å². The summed E-state index contributed by atoms with van der Waals surface area (Å²) in [5.41, 5.74) is 1.91. The van der Waals surface area contributed by atoms with Gasteiger partial charge in [-0.1, -0.05) is 12.1 Å². The Bertz CT molecular complexity index is 784. The number of hydrogen-bond acceptors (Lipinski definition) is 4. The Labute approximate surface area is 144 Å². The van der Waals surface area contributed by atoms with E-state index >= 15 is 0 Å². The number of ether oxygens (including phenoxy) is 1. The van der Waals surface area contributed by atoms with Crippen molar-refractivity contribution < 1.29 is 19.1 Å². The molecule has 2 aromatic carbocycles. The van der Waals surface area contributed by atoms with Crippen molar-refractivity contribution in [2.45, 2.75) is 6.54 Å². The van der Waals surface area contributed by atoms with Crippen LogP contribution in [-0.2, 0) is 11.3 Å². The van der Waals surface area contributed by atoms with Crippen LogP contribution in [0.15, 0.2) is 48.5 Å². The normalized spacial score (nSPS) is 13.6. The molecule has 2 N–H and O–H groups in total. The number of urea groups is 1. The summed E-state index contributed by atoms with van der Waals surface area (Å²) in [5.74, 6) is 0.209. The second-order valence-electron chi connectivity index (χ2n) is 5.52. The van der Waals surface area contributed by atoms with Crippen LogP contribution in [0.3, 0.4) is 0 Å². The smallest absolute Gasteiger partial charge is 0.324 e. The third kappa shape index (κ3) is 3.77. The zero-order valence-electron chi connectivity index (χ0n) is 13.6. The average Bonchev–Trinajstić information content (AvgIpc) is 2.95. The van der Waals surface area contributed by atoms with E-state index in [1.165, 1.54) is 0 Å². The highest BCUT2D eigenvalue weighted by Crippen LogP contribution is 2.16. The van der Waals surface area contributed by atoms with E-state index in [0.29, 0.717) is 17.0 Å². The van der Waals surface area contributed by atoms with E-state index in [1.807, 2.05) is 0 Å². The Morgan fingerprint density at radius 3 is 2.36 bits per heavy atom. The average molecular weight is 339 g/mol. The van der Waals surface area contributed by atoms with Crippen LogP contribution in [0.5, 0.6) is 5.75 Å². The molecule has 0 aliphatic carbocycles. The van der Waals surface area contributed by atoms with Crippen molar-refractivity contribution in [2.24, 2.45) is 0 Å². The predicted molar refractivity (Wildman–Crippen MR) is 91.3 cm³/mol. The highest BCUT2D eigenvalue weighted by molar-refractivity contribution is 6.04. The van der Waals surface area contributed by atoms with Crippen LogP contribution < -0.4 is 15.4 Å². The number of nitrogens with one attached hydrogen (secondary N) is 2. The van der Waals surface area contributed by atoms with E-state index in [-0.39, 0.29) is 24.9 Å². The fraction of sp³-hybridized carbons (Fsp3) is 0.167. The Kier molecular flexibility index (Phi) is 4.65. The van der Waals surface area contributed by atoms with Gasteiger partial charge in [-0.3, -0.25) is 14.5 Å². The molecule has 0 radical (unpaired) electrons. The number of carbonyl (C=O) groups is 3. The van der Waals surface area contributed by atoms with Gasteiger partial charge in [-0.2, -0.15) is 0 Å². The molecule has 0 spiro atoms. The maximum atomic E-state index is 12.3. The van der Waals surface area contributed by atoms with E-state index in [9.17, 15) is 14.4 Å². The molecular formula is C18H17N3O4. The molecule has 1 fully saturated rings. The third-order valence-electron chi connectivity index (χ3n) is 3.84. The van der Waals surface area contributed by atoms with Crippen molar-refractivity contribution in [2.75, 3.05) is 19.0 Å². The van der Waals surface area contributed by atoms with Crippen molar-refractivity contribution in [1.29, 1.82) is 0 Å². The van der Waals surface area contributed by atoms with Gasteiger partial charge in [0, 0.05) is 11.3 Å². The first-order valence-electron chi connectivity index (χ1n) is 7.69. The van der Waals surface area contributed by atoms with Gasteiger partial charge in [0.25, 0.3) is 5.91 Å². The molecule has 1 aliphatic rings. The number of carbonyl (C=O) groups excluding carboxylic acids is 3. The highest BCUT2D eigenvalue weighted by Gasteiger charge is 2.28. The van der Waals surface area contributed by atoms with Gasteiger partial charge in [0.05, 0.1) is 20.2 Å². The van der Waals surface area contributed by atoms with Crippen LogP contribution in [0.2, 0.25) is 0 Å². The predicted octanol–water partition coefficient (Wildman–Crippen LogP) is 2.00. The standard InChI is InChI=1S/C18H17N3O4/c1-25-15-8-6-14(7-9-15)20-17(23)13-4-2-12(3-5-13)11-21-16(22)10-19-18(21)24/h2-9H,10-11H2,1H3,(H,19,24)(H,20,23). The van der Waals surface area contributed by atoms with E-state index in [4.69, 9.17) is 4.74 Å². The van der Waals surface area contributed by atoms with Crippen molar-refractivity contribution in [3.05, 3.63) is 59.7 Å². The molecule has 0 saturated carbocycles. The van der Waals surface area contributed by atoms with Crippen LogP contribution in [-0.4, -0.2) is 36.4 Å². The zero-order valence-corrected chi connectivity index (χ0v) is 13.6. The highest BCUT2D eigenvalue weighted by atomic mass is 16.5. The molecule has 7 heteroatoms. The van der Waals surface area contributed by atoms with Crippen molar-refractivity contribution in [1.82, 2.24) is 10.2 Å². The van der Waals surface area contributed by atoms with Crippen LogP contribution in [0.25, 0.3) is 0 Å². The number of amides is 4. The second kappa shape index (κ2) is 7.04. The number of hydrogen-bond donors (Lipinski definition) is 2. The number of imide groups is 1. The molecule has 0 bridgehead atoms. The molecule has 0 atom stereocenters. The lowest BCUT2D eigenvalue weighted by molar-refractivity contribution is -0.125. The molecule has 1 heterocycles. The maximum Gasteiger partial charge on any atom is 0.324 e. The largest absolute Gasteiger partial charge is 0.497 e. The Morgan fingerprint density at radius 1 is 1.12 bits per heavy atom. The van der Waals surface area contributed by atoms with Gasteiger partial charge in [-0.05, 0) is 42.0 Å². The van der Waals surface area contributed by atoms with Crippen LogP contribution in [0.4, 0.5) is 10.5 Å². The minimum Gasteiger partial charge on any atom is -0.497 e. The molecule has 0 unspecified atom stereocenters. The third-order valence-corrected chi connectivity index (χ3v) is 3.84. The van der Waals surface area contributed by atoms with E-state index in [1.54, 1.807) is 55.6 Å². The number of benzene rings is 2. The summed E-state index contributed by atoms with van der Waals surface area (Å²) < 4.78 is 5.07. The SMILES string of the molecule is COc1ccc(NC(=O)c2ccc(CN3C(=O)CNC3=O)cc2)cc1. The summed E-state index contributed by atoms with van der Waals surface area (Å²) in [6, 6.07) is 13.4. The minimum absolute atomic E-state index is 0.0290. The number of methoxy groups -OCH3 is 1. The maximum absolute atomic E-state index is 12.3. The van der Waals surface area contributed by atoms with Gasteiger partial charge in [-0.15, -0.1) is 0 Å². The lowest BCUT2D eigenvalue weighted by Crippen LogP contribution is -2.30. The van der Waals surface area contributed by atoms with Crippen molar-refractivity contribution in [3.63, 3.8) is 0 Å². The van der Waals surface area contributed by atoms with Gasteiger partial charge in [0.15, 0.2) is 0 Å². The molecule has 4 amide bonds. The van der Waals surface area contributed by atoms with E-state index in [2.05, 4.69) is 10.6 Å². The minimum atomic E-state index is -0.397. The summed E-state index contributed by atoms with van der Waals surface area (Å²) in [7, 11) is 1.58. The first-order chi connectivity index (χ1) is 12.1. The molecule has 2 aromatic rings. The Morgan fingerprint density at radius 2 is 1.80 bits per heavy atom. The summed E-state index contributed by atoms with van der Waals surface area (Å²) in [6.07, 6.45) is 0. The number of nitrogens with zero attached hydrogens (tertiary/aromatic N) is 1. The number of rotatable bonds is 5. The first-order valence-corrected chi connectivity index (χ1v) is 7.69. The monoisotopic (exact) mass is 339 g/mol. The molecule has 25 heavy (non-hydrogen) atoms. The summed E-state index contributed by atoms with van der Waals surface area (Å²) in [4.78, 5) is 36.5. The summed E-state index contributed by atoms with van der Waals surface area (Å²) in [6.45, 7) is 0.215. The van der Waals surface area contributed by atoms with Gasteiger partial charge in [0.2, 0.25) is 5.91 Å². The molecule has 7 nitrogen and oxygen atoms in total. The molecular weight excluding hydrogens is 322 g/mol. The molecule has 3 rings (SSSR count). The molecule has 0 aromatic heterocycles. The van der Waals surface area contributed by atoms with Crippen LogP contribution >= 0.6 is 0 Å². The quantitative estimate of drug-likeness (QED) is 0.816. The summed E-state index contributed by atoms with van der Waals surface area (Å²) >= 11 is 0. The Balaban J connectivity index is 1.63. The topological polar surface area (TPSA) is 87.7 Å². The molecule has 1 aliphatic heterocycles. The number of anilines is 1. The van der Waals surface area contributed by atoms with Crippen molar-refractivity contribution in [3.8, 4) is 5.75 Å². The Hall–Kier alpha value is -3.35.